The lowest BCUT2D eigenvalue weighted by Gasteiger charge is -2.31. The Morgan fingerprint density at radius 2 is 1.54 bits per heavy atom. The molecule has 0 saturated carbocycles. The Balaban J connectivity index is 1.93. The highest BCUT2D eigenvalue weighted by Gasteiger charge is 2.35. The number of rotatable bonds is 8. The van der Waals surface area contributed by atoms with Crippen LogP contribution in [0.2, 0.25) is 0 Å². The first-order valence-corrected chi connectivity index (χ1v) is 13.6. The maximum atomic E-state index is 13.6. The quantitative estimate of drug-likeness (QED) is 0.293. The van der Waals surface area contributed by atoms with Gasteiger partial charge in [0.25, 0.3) is 0 Å². The third-order valence-electron chi connectivity index (χ3n) is 6.50. The second kappa shape index (κ2) is 10.4. The maximum absolute atomic E-state index is 13.6. The van der Waals surface area contributed by atoms with Crippen LogP contribution in [-0.4, -0.2) is 14.2 Å². The number of hydrogen-bond donors (Lipinski definition) is 1. The summed E-state index contributed by atoms with van der Waals surface area (Å²) in [6, 6.07) is 23.4. The molecule has 0 radical (unpaired) electrons. The van der Waals surface area contributed by atoms with E-state index in [9.17, 15) is 18.0 Å². The van der Waals surface area contributed by atoms with E-state index in [1.54, 1.807) is 36.4 Å². The molecule has 0 aliphatic heterocycles. The molecule has 1 N–H and O–H groups in total. The van der Waals surface area contributed by atoms with Crippen LogP contribution in [0.3, 0.4) is 0 Å². The second-order valence-corrected chi connectivity index (χ2v) is 12.0. The first-order chi connectivity index (χ1) is 17.5. The summed E-state index contributed by atoms with van der Waals surface area (Å²) in [6.07, 6.45) is 0.0208. The average Bonchev–Trinajstić information content (AvgIpc) is 2.85. The number of ketones is 1. The Hall–Kier alpha value is -3.55. The zero-order valence-electron chi connectivity index (χ0n) is 21.4. The number of fused-ring (bicyclic) bond motifs is 1. The molecule has 6 nitrogen and oxygen atoms in total. The molecule has 192 valence electrons. The van der Waals surface area contributed by atoms with E-state index in [1.807, 2.05) is 70.2 Å². The fourth-order valence-corrected chi connectivity index (χ4v) is 5.62. The molecular weight excluding hydrogens is 486 g/mol. The molecule has 4 rings (SSSR count). The van der Waals surface area contributed by atoms with Crippen molar-refractivity contribution in [2.24, 2.45) is 5.41 Å². The van der Waals surface area contributed by atoms with Gasteiger partial charge in [0.05, 0.1) is 10.9 Å². The normalized spacial score (nSPS) is 13.8. The zero-order valence-corrected chi connectivity index (χ0v) is 22.2. The lowest BCUT2D eigenvalue weighted by atomic mass is 9.78. The summed E-state index contributed by atoms with van der Waals surface area (Å²) in [7, 11) is -3.97. The average molecular weight is 518 g/mol. The van der Waals surface area contributed by atoms with E-state index in [-0.39, 0.29) is 17.1 Å². The van der Waals surface area contributed by atoms with Gasteiger partial charge < -0.3 is 4.42 Å². The number of sulfonamides is 1. The molecule has 0 unspecified atom stereocenters. The van der Waals surface area contributed by atoms with Crippen LogP contribution in [0.25, 0.3) is 11.0 Å². The molecule has 0 aliphatic rings. The Morgan fingerprint density at radius 1 is 0.919 bits per heavy atom. The zero-order chi connectivity index (χ0) is 26.8. The molecule has 0 amide bonds. The molecule has 0 bridgehead atoms. The Bertz CT molecular complexity index is 1570. The SMILES string of the molecule is Cc1ccc(S(=O)(=O)N[C@@H](c2ccccc2)[C@H](CC(=O)C(C)(C)C)c2cc(=O)oc3ccccc23)cc1. The van der Waals surface area contributed by atoms with Crippen LogP contribution in [0.5, 0.6) is 0 Å². The molecule has 4 aromatic rings. The molecule has 0 fully saturated rings. The molecular formula is C30H31NO5S. The van der Waals surface area contributed by atoms with Crippen molar-refractivity contribution in [3.63, 3.8) is 0 Å². The van der Waals surface area contributed by atoms with Crippen LogP contribution in [0.4, 0.5) is 0 Å². The van der Waals surface area contributed by atoms with E-state index in [4.69, 9.17) is 4.42 Å². The van der Waals surface area contributed by atoms with Crippen molar-refractivity contribution in [2.45, 2.75) is 51.0 Å². The van der Waals surface area contributed by atoms with Gasteiger partial charge in [-0.05, 0) is 36.2 Å². The van der Waals surface area contributed by atoms with E-state index in [0.29, 0.717) is 22.1 Å². The van der Waals surface area contributed by atoms with E-state index in [2.05, 4.69) is 4.72 Å². The van der Waals surface area contributed by atoms with Crippen molar-refractivity contribution in [3.8, 4) is 0 Å². The van der Waals surface area contributed by atoms with Crippen LogP contribution < -0.4 is 10.3 Å². The van der Waals surface area contributed by atoms with Gasteiger partial charge in [-0.2, -0.15) is 0 Å². The van der Waals surface area contributed by atoms with Gasteiger partial charge in [0.1, 0.15) is 11.4 Å². The summed E-state index contributed by atoms with van der Waals surface area (Å²) in [6.45, 7) is 7.38. The number of benzene rings is 3. The van der Waals surface area contributed by atoms with Gasteiger partial charge in [-0.15, -0.1) is 0 Å². The van der Waals surface area contributed by atoms with Crippen LogP contribution in [0, 0.1) is 12.3 Å². The first kappa shape index (κ1) is 26.5. The summed E-state index contributed by atoms with van der Waals surface area (Å²) < 4.78 is 35.5. The number of carbonyl (C=O) groups excluding carboxylic acids is 1. The molecule has 1 aromatic heterocycles. The Morgan fingerprint density at radius 3 is 2.19 bits per heavy atom. The van der Waals surface area contributed by atoms with Gasteiger partial charge in [0.2, 0.25) is 10.0 Å². The van der Waals surface area contributed by atoms with Crippen molar-refractivity contribution in [3.05, 3.63) is 112 Å². The van der Waals surface area contributed by atoms with Crippen molar-refractivity contribution in [1.29, 1.82) is 0 Å². The van der Waals surface area contributed by atoms with Gasteiger partial charge in [-0.25, -0.2) is 17.9 Å². The number of para-hydroxylation sites is 1. The Kier molecular flexibility index (Phi) is 7.48. The molecule has 2 atom stereocenters. The minimum absolute atomic E-state index is 0.0208. The number of hydrogen-bond acceptors (Lipinski definition) is 5. The highest BCUT2D eigenvalue weighted by Crippen LogP contribution is 2.39. The lowest BCUT2D eigenvalue weighted by molar-refractivity contribution is -0.126. The van der Waals surface area contributed by atoms with Gasteiger partial charge in [-0.3, -0.25) is 4.79 Å². The van der Waals surface area contributed by atoms with Crippen LogP contribution in [-0.2, 0) is 14.8 Å². The van der Waals surface area contributed by atoms with Crippen molar-refractivity contribution in [1.82, 2.24) is 4.72 Å². The fraction of sp³-hybridized carbons (Fsp3) is 0.267. The standard InChI is InChI=1S/C30H31NO5S/c1-20-14-16-22(17-15-20)37(34,35)31-29(21-10-6-5-7-11-21)25(18-27(32)30(2,3)4)24-19-28(33)36-26-13-9-8-12-23(24)26/h5-17,19,25,29,31H,18H2,1-4H3/t25-,29+/m1/s1. The number of aryl methyl sites for hydroxylation is 1. The monoisotopic (exact) mass is 517 g/mol. The molecule has 0 saturated heterocycles. The van der Waals surface area contributed by atoms with E-state index < -0.39 is 33.0 Å². The maximum Gasteiger partial charge on any atom is 0.336 e. The minimum atomic E-state index is -3.97. The van der Waals surface area contributed by atoms with Gasteiger partial charge in [-0.1, -0.05) is 87.0 Å². The van der Waals surface area contributed by atoms with Gasteiger partial charge in [0.15, 0.2) is 0 Å². The third-order valence-corrected chi connectivity index (χ3v) is 7.95. The minimum Gasteiger partial charge on any atom is -0.423 e. The Labute approximate surface area is 217 Å². The van der Waals surface area contributed by atoms with E-state index >= 15 is 0 Å². The van der Waals surface area contributed by atoms with Gasteiger partial charge >= 0.3 is 5.63 Å². The fourth-order valence-electron chi connectivity index (χ4n) is 4.35. The van der Waals surface area contributed by atoms with Crippen LogP contribution >= 0.6 is 0 Å². The number of carbonyl (C=O) groups is 1. The van der Waals surface area contributed by atoms with Crippen molar-refractivity contribution >= 4 is 26.8 Å². The molecule has 1 heterocycles. The van der Waals surface area contributed by atoms with Gasteiger partial charge in [0, 0.05) is 29.2 Å². The first-order valence-electron chi connectivity index (χ1n) is 12.2. The molecule has 0 aliphatic carbocycles. The second-order valence-electron chi connectivity index (χ2n) is 10.3. The molecule has 7 heteroatoms. The van der Waals surface area contributed by atoms with E-state index in [0.717, 1.165) is 5.56 Å². The van der Waals surface area contributed by atoms with Crippen LogP contribution in [0.15, 0.2) is 99.0 Å². The molecule has 0 spiro atoms. The topological polar surface area (TPSA) is 93.5 Å². The van der Waals surface area contributed by atoms with Crippen molar-refractivity contribution in [2.75, 3.05) is 0 Å². The molecule has 37 heavy (non-hydrogen) atoms. The third kappa shape index (κ3) is 6.06. The predicted octanol–water partition coefficient (Wildman–Crippen LogP) is 5.91. The highest BCUT2D eigenvalue weighted by atomic mass is 32.2. The summed E-state index contributed by atoms with van der Waals surface area (Å²) in [5.41, 5.74) is 1.34. The highest BCUT2D eigenvalue weighted by molar-refractivity contribution is 7.89. The summed E-state index contributed by atoms with van der Waals surface area (Å²) in [5.74, 6) is -0.728. The van der Waals surface area contributed by atoms with Crippen molar-refractivity contribution < 1.29 is 17.6 Å². The van der Waals surface area contributed by atoms with E-state index in [1.165, 1.54) is 6.07 Å². The number of nitrogens with one attached hydrogen (secondary N) is 1. The summed E-state index contributed by atoms with van der Waals surface area (Å²) >= 11 is 0. The smallest absolute Gasteiger partial charge is 0.336 e. The summed E-state index contributed by atoms with van der Waals surface area (Å²) in [4.78, 5) is 26.1. The largest absolute Gasteiger partial charge is 0.423 e. The summed E-state index contributed by atoms with van der Waals surface area (Å²) in [5, 5.41) is 0.657. The van der Waals surface area contributed by atoms with Crippen LogP contribution in [0.1, 0.15) is 55.8 Å². The number of Topliss-reactive ketones (excluding diaryl/α,β-unsaturated/α-hetero) is 1. The molecule has 3 aromatic carbocycles. The predicted molar refractivity (Wildman–Crippen MR) is 145 cm³/mol. The lowest BCUT2D eigenvalue weighted by Crippen LogP contribution is -2.35.